The summed E-state index contributed by atoms with van der Waals surface area (Å²) in [4.78, 5) is 17.9. The van der Waals surface area contributed by atoms with Gasteiger partial charge < -0.3 is 10.2 Å². The average Bonchev–Trinajstić information content (AvgIpc) is 2.52. The molecular weight excluding hydrogens is 274 g/mol. The third-order valence-electron chi connectivity index (χ3n) is 2.80. The van der Waals surface area contributed by atoms with Gasteiger partial charge in [-0.25, -0.2) is 10.8 Å². The lowest BCUT2D eigenvalue weighted by molar-refractivity contribution is -0.385. The van der Waals surface area contributed by atoms with Crippen LogP contribution >= 0.6 is 0 Å². The zero-order valence-corrected chi connectivity index (χ0v) is 11.2. The largest absolute Gasteiger partial charge is 0.473 e. The molecule has 2 aromatic rings. The maximum Gasteiger partial charge on any atom is 0.374 e. The van der Waals surface area contributed by atoms with Gasteiger partial charge in [0.2, 0.25) is 5.82 Å². The van der Waals surface area contributed by atoms with Gasteiger partial charge in [-0.3, -0.25) is 10.1 Å². The number of aryl methyl sites for hydroxylation is 1. The molecule has 21 heavy (non-hydrogen) atoms. The molecular formula is C13H15N5O3. The minimum absolute atomic E-state index is 0.0759. The van der Waals surface area contributed by atoms with E-state index in [0.29, 0.717) is 6.61 Å². The number of nitro groups is 1. The number of rotatable bonds is 7. The van der Waals surface area contributed by atoms with Crippen molar-refractivity contribution in [2.45, 2.75) is 12.8 Å². The van der Waals surface area contributed by atoms with Crippen LogP contribution in [0, 0.1) is 10.1 Å². The quantitative estimate of drug-likeness (QED) is 0.344. The minimum atomic E-state index is -0.623. The van der Waals surface area contributed by atoms with Crippen LogP contribution in [0.15, 0.2) is 36.7 Å². The Morgan fingerprint density at radius 2 is 2.05 bits per heavy atom. The minimum Gasteiger partial charge on any atom is -0.473 e. The van der Waals surface area contributed by atoms with Crippen molar-refractivity contribution in [1.82, 2.24) is 9.97 Å². The van der Waals surface area contributed by atoms with Gasteiger partial charge in [-0.05, 0) is 18.4 Å². The number of nitrogen functional groups attached to an aromatic ring is 1. The smallest absolute Gasteiger partial charge is 0.374 e. The van der Waals surface area contributed by atoms with Crippen LogP contribution in [0.4, 0.5) is 11.5 Å². The normalized spacial score (nSPS) is 10.1. The Labute approximate surface area is 121 Å². The maximum atomic E-state index is 11.0. The van der Waals surface area contributed by atoms with Crippen LogP contribution in [0.1, 0.15) is 12.0 Å². The summed E-state index contributed by atoms with van der Waals surface area (Å²) in [6.07, 6.45) is 2.70. The first-order chi connectivity index (χ1) is 10.2. The number of nitrogens with two attached hydrogens (primary N) is 1. The summed E-state index contributed by atoms with van der Waals surface area (Å²) in [7, 11) is 0. The number of anilines is 1. The first-order valence-corrected chi connectivity index (χ1v) is 6.35. The molecule has 8 heteroatoms. The lowest BCUT2D eigenvalue weighted by Gasteiger charge is -2.07. The molecule has 0 aliphatic carbocycles. The molecule has 110 valence electrons. The van der Waals surface area contributed by atoms with E-state index >= 15 is 0 Å². The van der Waals surface area contributed by atoms with Gasteiger partial charge in [0.25, 0.3) is 5.88 Å². The molecule has 0 aliphatic rings. The van der Waals surface area contributed by atoms with E-state index in [1.807, 2.05) is 30.3 Å². The summed E-state index contributed by atoms with van der Waals surface area (Å²) >= 11 is 0. The van der Waals surface area contributed by atoms with Gasteiger partial charge in [0.05, 0.1) is 11.5 Å². The third kappa shape index (κ3) is 3.86. The highest BCUT2D eigenvalue weighted by molar-refractivity contribution is 5.60. The summed E-state index contributed by atoms with van der Waals surface area (Å²) in [6.45, 7) is 0.316. The SMILES string of the molecule is NNc1ncnc(OCCCc2ccccc2)c1[N+](=O)[O-]. The van der Waals surface area contributed by atoms with E-state index in [4.69, 9.17) is 10.6 Å². The van der Waals surface area contributed by atoms with E-state index in [9.17, 15) is 10.1 Å². The van der Waals surface area contributed by atoms with Crippen molar-refractivity contribution in [3.8, 4) is 5.88 Å². The summed E-state index contributed by atoms with van der Waals surface area (Å²) in [5.74, 6) is 5.02. The molecule has 0 unspecified atom stereocenters. The Balaban J connectivity index is 1.95. The monoisotopic (exact) mass is 289 g/mol. The number of benzene rings is 1. The van der Waals surface area contributed by atoms with Crippen molar-refractivity contribution in [2.24, 2.45) is 5.84 Å². The van der Waals surface area contributed by atoms with Crippen LogP contribution < -0.4 is 16.0 Å². The van der Waals surface area contributed by atoms with Crippen LogP contribution in [0.5, 0.6) is 5.88 Å². The van der Waals surface area contributed by atoms with E-state index in [1.54, 1.807) is 0 Å². The Morgan fingerprint density at radius 1 is 1.29 bits per heavy atom. The molecule has 0 radical (unpaired) electrons. The first kappa shape index (κ1) is 14.7. The van der Waals surface area contributed by atoms with E-state index in [1.165, 1.54) is 5.56 Å². The fourth-order valence-corrected chi connectivity index (χ4v) is 1.83. The van der Waals surface area contributed by atoms with E-state index < -0.39 is 4.92 Å². The Bertz CT molecular complexity index is 606. The predicted octanol–water partition coefficient (Wildman–Crippen LogP) is 1.68. The van der Waals surface area contributed by atoms with Gasteiger partial charge in [-0.1, -0.05) is 30.3 Å². The van der Waals surface area contributed by atoms with E-state index in [-0.39, 0.29) is 17.4 Å². The number of aromatic nitrogens is 2. The van der Waals surface area contributed by atoms with Crippen molar-refractivity contribution in [3.05, 3.63) is 52.3 Å². The van der Waals surface area contributed by atoms with Crippen LogP contribution in [0.3, 0.4) is 0 Å². The van der Waals surface area contributed by atoms with Gasteiger partial charge in [0.15, 0.2) is 0 Å². The molecule has 2 rings (SSSR count). The maximum absolute atomic E-state index is 11.0. The molecule has 1 aromatic carbocycles. The van der Waals surface area contributed by atoms with Gasteiger partial charge in [0.1, 0.15) is 6.33 Å². The zero-order chi connectivity index (χ0) is 15.1. The highest BCUT2D eigenvalue weighted by Crippen LogP contribution is 2.29. The van der Waals surface area contributed by atoms with Crippen LogP contribution in [-0.4, -0.2) is 21.5 Å². The van der Waals surface area contributed by atoms with Crippen LogP contribution in [0.2, 0.25) is 0 Å². The molecule has 0 fully saturated rings. The highest BCUT2D eigenvalue weighted by atomic mass is 16.6. The van der Waals surface area contributed by atoms with Crippen LogP contribution in [-0.2, 0) is 6.42 Å². The van der Waals surface area contributed by atoms with E-state index in [0.717, 1.165) is 19.2 Å². The average molecular weight is 289 g/mol. The zero-order valence-electron chi connectivity index (χ0n) is 11.2. The Morgan fingerprint density at radius 3 is 2.71 bits per heavy atom. The topological polar surface area (TPSA) is 116 Å². The van der Waals surface area contributed by atoms with Crippen LogP contribution in [0.25, 0.3) is 0 Å². The van der Waals surface area contributed by atoms with Crippen molar-refractivity contribution in [3.63, 3.8) is 0 Å². The number of hydrogen-bond acceptors (Lipinski definition) is 7. The van der Waals surface area contributed by atoms with Gasteiger partial charge in [-0.15, -0.1) is 0 Å². The molecule has 0 saturated heterocycles. The summed E-state index contributed by atoms with van der Waals surface area (Å²) in [6, 6.07) is 9.91. The summed E-state index contributed by atoms with van der Waals surface area (Å²) < 4.78 is 5.37. The molecule has 0 saturated carbocycles. The van der Waals surface area contributed by atoms with Crippen molar-refractivity contribution in [2.75, 3.05) is 12.0 Å². The molecule has 0 atom stereocenters. The molecule has 1 aromatic heterocycles. The van der Waals surface area contributed by atoms with Crippen molar-refractivity contribution >= 4 is 11.5 Å². The summed E-state index contributed by atoms with van der Waals surface area (Å²) in [5, 5.41) is 11.0. The summed E-state index contributed by atoms with van der Waals surface area (Å²) in [5.41, 5.74) is 2.98. The fraction of sp³-hybridized carbons (Fsp3) is 0.231. The highest BCUT2D eigenvalue weighted by Gasteiger charge is 2.23. The van der Waals surface area contributed by atoms with Crippen molar-refractivity contribution in [1.29, 1.82) is 0 Å². The molecule has 8 nitrogen and oxygen atoms in total. The first-order valence-electron chi connectivity index (χ1n) is 6.35. The number of hydrazine groups is 1. The molecule has 0 bridgehead atoms. The number of nitrogens with zero attached hydrogens (tertiary/aromatic N) is 3. The molecule has 0 amide bonds. The number of ether oxygens (including phenoxy) is 1. The third-order valence-corrected chi connectivity index (χ3v) is 2.80. The number of hydrogen-bond donors (Lipinski definition) is 2. The molecule has 0 spiro atoms. The van der Waals surface area contributed by atoms with Crippen molar-refractivity contribution < 1.29 is 9.66 Å². The van der Waals surface area contributed by atoms with Gasteiger partial charge >= 0.3 is 5.69 Å². The molecule has 1 heterocycles. The van der Waals surface area contributed by atoms with Gasteiger partial charge in [0, 0.05) is 0 Å². The fourth-order valence-electron chi connectivity index (χ4n) is 1.83. The Kier molecular flexibility index (Phi) is 4.99. The second-order valence-electron chi connectivity index (χ2n) is 4.22. The second kappa shape index (κ2) is 7.15. The Hall–Kier alpha value is -2.74. The predicted molar refractivity (Wildman–Crippen MR) is 76.8 cm³/mol. The molecule has 0 aliphatic heterocycles. The lowest BCUT2D eigenvalue weighted by atomic mass is 10.1. The van der Waals surface area contributed by atoms with E-state index in [2.05, 4.69) is 15.4 Å². The van der Waals surface area contributed by atoms with Gasteiger partial charge in [-0.2, -0.15) is 4.98 Å². The lowest BCUT2D eigenvalue weighted by Crippen LogP contribution is -2.13. The second-order valence-corrected chi connectivity index (χ2v) is 4.22. The molecule has 3 N–H and O–H groups in total. The number of nitrogens with one attached hydrogen (secondary N) is 1. The standard InChI is InChI=1S/C13H15N5O3/c14-17-12-11(18(19)20)13(16-9-15-12)21-8-4-7-10-5-2-1-3-6-10/h1-3,5-6,9H,4,7-8,14H2,(H,15,16,17).